The lowest BCUT2D eigenvalue weighted by molar-refractivity contribution is -0.384. The van der Waals surface area contributed by atoms with E-state index in [0.717, 1.165) is 5.52 Å². The number of aromatic nitrogens is 1. The van der Waals surface area contributed by atoms with E-state index in [0.29, 0.717) is 23.9 Å². The molecular weight excluding hydrogens is 298 g/mol. The van der Waals surface area contributed by atoms with E-state index in [1.54, 1.807) is 12.3 Å². The van der Waals surface area contributed by atoms with Gasteiger partial charge >= 0.3 is 0 Å². The zero-order valence-corrected chi connectivity index (χ0v) is 13.2. The van der Waals surface area contributed by atoms with Gasteiger partial charge in [0.25, 0.3) is 5.69 Å². The normalized spacial score (nSPS) is 12.5. The van der Waals surface area contributed by atoms with E-state index < -0.39 is 11.0 Å². The maximum absolute atomic E-state index is 12.0. The number of fused-ring (bicyclic) bond motifs is 1. The molecule has 0 saturated heterocycles. The Morgan fingerprint density at radius 1 is 1.43 bits per heavy atom. The van der Waals surface area contributed by atoms with Crippen molar-refractivity contribution in [3.8, 4) is 0 Å². The summed E-state index contributed by atoms with van der Waals surface area (Å²) in [4.78, 5) is 25.4. The molecule has 2 rings (SSSR count). The van der Waals surface area contributed by atoms with Gasteiger partial charge in [-0.1, -0.05) is 13.8 Å². The molecule has 124 valence electrons. The Balaban J connectivity index is 1.99. The predicted octanol–water partition coefficient (Wildman–Crippen LogP) is 2.14. The van der Waals surface area contributed by atoms with Gasteiger partial charge in [0.2, 0.25) is 5.91 Å². The highest BCUT2D eigenvalue weighted by atomic mass is 16.6. The minimum atomic E-state index is -0.455. The maximum Gasteiger partial charge on any atom is 0.270 e. The summed E-state index contributed by atoms with van der Waals surface area (Å²) in [6, 6.07) is 4.53. The van der Waals surface area contributed by atoms with Gasteiger partial charge in [-0.05, 0) is 24.0 Å². The molecule has 1 aromatic carbocycles. The number of aliphatic hydroxyl groups is 1. The van der Waals surface area contributed by atoms with Crippen LogP contribution in [0.2, 0.25) is 0 Å². The van der Waals surface area contributed by atoms with Crippen molar-refractivity contribution < 1.29 is 14.8 Å². The summed E-state index contributed by atoms with van der Waals surface area (Å²) in [5.74, 6) is -0.0190. The van der Waals surface area contributed by atoms with Gasteiger partial charge in [0.05, 0.1) is 17.4 Å². The van der Waals surface area contributed by atoms with Crippen LogP contribution in [0.5, 0.6) is 0 Å². The number of hydrogen-bond donors (Lipinski definition) is 3. The summed E-state index contributed by atoms with van der Waals surface area (Å²) in [5.41, 5.74) is 1.47. The van der Waals surface area contributed by atoms with E-state index in [1.165, 1.54) is 12.1 Å². The number of nitrogens with one attached hydrogen (secondary N) is 2. The average molecular weight is 319 g/mol. The highest BCUT2D eigenvalue weighted by Crippen LogP contribution is 2.23. The molecular formula is C16H21N3O4. The Morgan fingerprint density at radius 3 is 2.83 bits per heavy atom. The molecule has 3 N–H and O–H groups in total. The van der Waals surface area contributed by atoms with E-state index in [2.05, 4.69) is 10.3 Å². The minimum Gasteiger partial charge on any atom is -0.393 e. The van der Waals surface area contributed by atoms with Crippen LogP contribution in [0.1, 0.15) is 25.8 Å². The third-order valence-corrected chi connectivity index (χ3v) is 3.84. The number of hydrogen-bond acceptors (Lipinski definition) is 4. The van der Waals surface area contributed by atoms with Crippen LogP contribution in [-0.2, 0) is 11.2 Å². The van der Waals surface area contributed by atoms with E-state index in [4.69, 9.17) is 0 Å². The van der Waals surface area contributed by atoms with Crippen LogP contribution in [0.15, 0.2) is 24.4 Å². The largest absolute Gasteiger partial charge is 0.393 e. The van der Waals surface area contributed by atoms with Crippen LogP contribution in [0.4, 0.5) is 5.69 Å². The fraction of sp³-hybridized carbons (Fsp3) is 0.438. The fourth-order valence-electron chi connectivity index (χ4n) is 2.35. The van der Waals surface area contributed by atoms with Gasteiger partial charge in [0, 0.05) is 35.8 Å². The molecule has 0 radical (unpaired) electrons. The van der Waals surface area contributed by atoms with Gasteiger partial charge in [-0.3, -0.25) is 14.9 Å². The van der Waals surface area contributed by atoms with Crippen molar-refractivity contribution in [2.45, 2.75) is 32.8 Å². The minimum absolute atomic E-state index is 0.00110. The van der Waals surface area contributed by atoms with Crippen molar-refractivity contribution in [3.05, 3.63) is 40.1 Å². The van der Waals surface area contributed by atoms with Crippen LogP contribution in [0.3, 0.4) is 0 Å². The van der Waals surface area contributed by atoms with E-state index in [-0.39, 0.29) is 23.9 Å². The molecule has 0 aliphatic heterocycles. The zero-order valence-electron chi connectivity index (χ0n) is 13.2. The summed E-state index contributed by atoms with van der Waals surface area (Å²) in [6.45, 7) is 4.25. The van der Waals surface area contributed by atoms with Crippen LogP contribution in [-0.4, -0.2) is 33.6 Å². The van der Waals surface area contributed by atoms with Crippen molar-refractivity contribution in [1.82, 2.24) is 10.3 Å². The van der Waals surface area contributed by atoms with Gasteiger partial charge in [-0.25, -0.2) is 0 Å². The first-order valence-electron chi connectivity index (χ1n) is 7.57. The van der Waals surface area contributed by atoms with Crippen LogP contribution >= 0.6 is 0 Å². The Labute approximate surface area is 133 Å². The highest BCUT2D eigenvalue weighted by molar-refractivity contribution is 5.90. The molecule has 1 unspecified atom stereocenters. The van der Waals surface area contributed by atoms with Gasteiger partial charge < -0.3 is 15.4 Å². The van der Waals surface area contributed by atoms with Gasteiger partial charge in [0.1, 0.15) is 0 Å². The second-order valence-electron chi connectivity index (χ2n) is 5.93. The number of nitro groups is 1. The number of nitrogens with zero attached hydrogens (tertiary/aromatic N) is 1. The third-order valence-electron chi connectivity index (χ3n) is 3.84. The molecule has 0 bridgehead atoms. The average Bonchev–Trinajstić information content (AvgIpc) is 2.89. The molecule has 1 amide bonds. The van der Waals surface area contributed by atoms with Gasteiger partial charge in [-0.2, -0.15) is 0 Å². The lowest BCUT2D eigenvalue weighted by Gasteiger charge is -2.14. The number of carbonyl (C=O) groups is 1. The molecule has 1 atom stereocenters. The zero-order chi connectivity index (χ0) is 17.0. The Morgan fingerprint density at radius 2 is 2.17 bits per heavy atom. The van der Waals surface area contributed by atoms with E-state index in [9.17, 15) is 20.0 Å². The molecule has 1 heterocycles. The lowest BCUT2D eigenvalue weighted by Crippen LogP contribution is -2.29. The first-order valence-corrected chi connectivity index (χ1v) is 7.57. The number of carbonyl (C=O) groups excluding carboxylic acids is 1. The molecule has 0 fully saturated rings. The summed E-state index contributed by atoms with van der Waals surface area (Å²) >= 11 is 0. The number of rotatable bonds is 7. The SMILES string of the molecule is CC(C)C(O)CCNC(=O)Cc1c[nH]c2ccc([N+](=O)[O-])cc12. The Bertz CT molecular complexity index is 708. The quantitative estimate of drug-likeness (QED) is 0.536. The summed E-state index contributed by atoms with van der Waals surface area (Å²) in [6.07, 6.45) is 1.89. The Kier molecular flexibility index (Phi) is 5.33. The lowest BCUT2D eigenvalue weighted by atomic mass is 10.0. The maximum atomic E-state index is 12.0. The molecule has 2 aromatic rings. The molecule has 0 spiro atoms. The molecule has 1 aromatic heterocycles. The molecule has 23 heavy (non-hydrogen) atoms. The first kappa shape index (κ1) is 17.0. The third kappa shape index (κ3) is 4.29. The standard InChI is InChI=1S/C16H21N3O4/c1-10(2)15(20)5-6-17-16(21)7-11-9-18-14-4-3-12(19(22)23)8-13(11)14/h3-4,8-10,15,18,20H,5-7H2,1-2H3,(H,17,21). The van der Waals surface area contributed by atoms with E-state index >= 15 is 0 Å². The second-order valence-corrected chi connectivity index (χ2v) is 5.93. The second kappa shape index (κ2) is 7.23. The first-order chi connectivity index (χ1) is 10.9. The number of nitro benzene ring substituents is 1. The van der Waals surface area contributed by atoms with Crippen molar-refractivity contribution in [2.75, 3.05) is 6.54 Å². The monoisotopic (exact) mass is 319 g/mol. The Hall–Kier alpha value is -2.41. The van der Waals surface area contributed by atoms with Crippen molar-refractivity contribution in [3.63, 3.8) is 0 Å². The summed E-state index contributed by atoms with van der Waals surface area (Å²) in [7, 11) is 0. The number of benzene rings is 1. The molecule has 7 heteroatoms. The van der Waals surface area contributed by atoms with Crippen molar-refractivity contribution in [1.29, 1.82) is 0 Å². The molecule has 7 nitrogen and oxygen atoms in total. The number of amides is 1. The molecule has 0 saturated carbocycles. The van der Waals surface area contributed by atoms with Gasteiger partial charge in [-0.15, -0.1) is 0 Å². The number of H-pyrrole nitrogens is 1. The van der Waals surface area contributed by atoms with Crippen molar-refractivity contribution >= 4 is 22.5 Å². The smallest absolute Gasteiger partial charge is 0.270 e. The summed E-state index contributed by atoms with van der Waals surface area (Å²) < 4.78 is 0. The number of aliphatic hydroxyl groups excluding tert-OH is 1. The highest BCUT2D eigenvalue weighted by Gasteiger charge is 2.14. The summed E-state index contributed by atoms with van der Waals surface area (Å²) in [5, 5.41) is 24.0. The number of aromatic amines is 1. The fourth-order valence-corrected chi connectivity index (χ4v) is 2.35. The predicted molar refractivity (Wildman–Crippen MR) is 87.1 cm³/mol. The molecule has 0 aliphatic rings. The van der Waals surface area contributed by atoms with Gasteiger partial charge in [0.15, 0.2) is 0 Å². The van der Waals surface area contributed by atoms with Crippen LogP contribution in [0, 0.1) is 16.0 Å². The molecule has 0 aliphatic carbocycles. The van der Waals surface area contributed by atoms with Crippen LogP contribution in [0.25, 0.3) is 10.9 Å². The number of non-ortho nitro benzene ring substituents is 1. The van der Waals surface area contributed by atoms with Crippen LogP contribution < -0.4 is 5.32 Å². The topological polar surface area (TPSA) is 108 Å². The van der Waals surface area contributed by atoms with Crippen molar-refractivity contribution in [2.24, 2.45) is 5.92 Å². The van der Waals surface area contributed by atoms with E-state index in [1.807, 2.05) is 13.8 Å².